The molecule has 1 saturated heterocycles. The van der Waals surface area contributed by atoms with E-state index < -0.39 is 0 Å². The van der Waals surface area contributed by atoms with Crippen molar-refractivity contribution in [2.75, 3.05) is 33.3 Å². The number of methoxy groups -OCH3 is 1. The monoisotopic (exact) mass is 450 g/mol. The summed E-state index contributed by atoms with van der Waals surface area (Å²) in [5.41, 5.74) is 4.76. The predicted molar refractivity (Wildman–Crippen MR) is 125 cm³/mol. The Labute approximate surface area is 192 Å². The van der Waals surface area contributed by atoms with Crippen LogP contribution < -0.4 is 4.74 Å². The first-order chi connectivity index (χ1) is 15.8. The van der Waals surface area contributed by atoms with Crippen molar-refractivity contribution in [1.82, 2.24) is 9.80 Å². The number of amides is 2. The third-order valence-corrected chi connectivity index (χ3v) is 6.20. The second-order valence-corrected chi connectivity index (χ2v) is 8.27. The molecule has 0 N–H and O–H groups in total. The summed E-state index contributed by atoms with van der Waals surface area (Å²) in [4.78, 5) is 28.0. The van der Waals surface area contributed by atoms with Crippen molar-refractivity contribution in [3.63, 3.8) is 0 Å². The van der Waals surface area contributed by atoms with Gasteiger partial charge < -0.3 is 19.0 Å². The Morgan fingerprint density at radius 3 is 2.30 bits per heavy atom. The van der Waals surface area contributed by atoms with Crippen molar-refractivity contribution in [2.24, 2.45) is 0 Å². The number of ether oxygens (including phenoxy) is 1. The smallest absolute Gasteiger partial charge is 0.246 e. The average molecular weight is 451 g/mol. The Morgan fingerprint density at radius 2 is 1.70 bits per heavy atom. The molecule has 0 radical (unpaired) electrons. The highest BCUT2D eigenvalue weighted by Crippen LogP contribution is 2.40. The summed E-state index contributed by atoms with van der Waals surface area (Å²) in [6.45, 7) is 7.43. The number of furan rings is 1. The first-order valence-electron chi connectivity index (χ1n) is 10.9. The molecule has 4 rings (SSSR count). The van der Waals surface area contributed by atoms with Gasteiger partial charge in [0, 0.05) is 61.3 Å². The molecule has 0 unspecified atom stereocenters. The van der Waals surface area contributed by atoms with Crippen LogP contribution in [0.25, 0.3) is 27.7 Å². The topological polar surface area (TPSA) is 63.0 Å². The number of hydrogen-bond acceptors (Lipinski definition) is 4. The molecule has 6 nitrogen and oxygen atoms in total. The zero-order valence-electron chi connectivity index (χ0n) is 19.3. The van der Waals surface area contributed by atoms with E-state index in [1.807, 2.05) is 19.9 Å². The van der Waals surface area contributed by atoms with E-state index in [1.54, 1.807) is 48.3 Å². The van der Waals surface area contributed by atoms with E-state index in [-0.39, 0.29) is 17.6 Å². The van der Waals surface area contributed by atoms with Crippen LogP contribution in [0.5, 0.6) is 5.75 Å². The van der Waals surface area contributed by atoms with Crippen LogP contribution in [-0.2, 0) is 9.59 Å². The number of rotatable bonds is 4. The zero-order valence-corrected chi connectivity index (χ0v) is 19.3. The van der Waals surface area contributed by atoms with Gasteiger partial charge in [0.25, 0.3) is 0 Å². The molecular formula is C26H27FN2O4. The maximum absolute atomic E-state index is 13.4. The van der Waals surface area contributed by atoms with E-state index in [4.69, 9.17) is 9.15 Å². The molecule has 3 aromatic rings. The van der Waals surface area contributed by atoms with E-state index >= 15 is 0 Å². The summed E-state index contributed by atoms with van der Waals surface area (Å²) in [6.07, 6.45) is 3.27. The first-order valence-corrected chi connectivity index (χ1v) is 10.9. The number of halogens is 1. The highest BCUT2D eigenvalue weighted by Gasteiger charge is 2.23. The quantitative estimate of drug-likeness (QED) is 0.543. The summed E-state index contributed by atoms with van der Waals surface area (Å²) in [6, 6.07) is 8.22. The Balaban J connectivity index is 1.70. The number of aryl methyl sites for hydroxylation is 1. The van der Waals surface area contributed by atoms with Gasteiger partial charge in [0.2, 0.25) is 11.8 Å². The Kier molecular flexibility index (Phi) is 6.22. The number of carbonyl (C=O) groups excluding carboxylic acids is 2. The van der Waals surface area contributed by atoms with Crippen LogP contribution in [-0.4, -0.2) is 54.9 Å². The predicted octanol–water partition coefficient (Wildman–Crippen LogP) is 4.65. The Hall–Kier alpha value is -3.61. The second kappa shape index (κ2) is 9.10. The molecule has 1 aromatic heterocycles. The third-order valence-electron chi connectivity index (χ3n) is 6.20. The van der Waals surface area contributed by atoms with E-state index in [0.717, 1.165) is 33.2 Å². The van der Waals surface area contributed by atoms with Gasteiger partial charge in [-0.15, -0.1) is 0 Å². The molecule has 172 valence electrons. The van der Waals surface area contributed by atoms with Crippen molar-refractivity contribution >= 4 is 28.4 Å². The molecule has 2 aromatic carbocycles. The molecule has 0 spiro atoms. The molecule has 0 bridgehead atoms. The Morgan fingerprint density at radius 1 is 1.06 bits per heavy atom. The summed E-state index contributed by atoms with van der Waals surface area (Å²) < 4.78 is 24.9. The number of carbonyl (C=O) groups is 2. The number of hydrogen-bond donors (Lipinski definition) is 0. The standard InChI is InChI=1S/C26H27FN2O4/c1-16(13-24(31)29-11-9-28(10-12-29)18(3)30)21-14-22-23(19-5-7-20(27)8-6-19)15-33-26(22)17(2)25(21)32-4/h5-8,13-15H,9-12H2,1-4H3/b16-13+. The SMILES string of the molecule is COc1c(/C(C)=C/C(=O)N2CCN(C(C)=O)CC2)cc2c(-c3ccc(F)cc3)coc2c1C. The highest BCUT2D eigenvalue weighted by molar-refractivity contribution is 6.01. The Bertz CT molecular complexity index is 1240. The molecule has 2 heterocycles. The van der Waals surface area contributed by atoms with Gasteiger partial charge in [-0.1, -0.05) is 12.1 Å². The molecular weight excluding hydrogens is 423 g/mol. The molecule has 7 heteroatoms. The lowest BCUT2D eigenvalue weighted by Gasteiger charge is -2.33. The lowest BCUT2D eigenvalue weighted by molar-refractivity contribution is -0.135. The maximum atomic E-state index is 13.4. The van der Waals surface area contributed by atoms with E-state index in [2.05, 4.69) is 0 Å². The molecule has 33 heavy (non-hydrogen) atoms. The van der Waals surface area contributed by atoms with Crippen LogP contribution in [0.15, 0.2) is 47.1 Å². The molecule has 1 aliphatic heterocycles. The van der Waals surface area contributed by atoms with Crippen LogP contribution in [0.3, 0.4) is 0 Å². The number of fused-ring (bicyclic) bond motifs is 1. The lowest BCUT2D eigenvalue weighted by Crippen LogP contribution is -2.49. The van der Waals surface area contributed by atoms with Gasteiger partial charge in [-0.25, -0.2) is 4.39 Å². The molecule has 1 fully saturated rings. The molecule has 0 saturated carbocycles. The summed E-state index contributed by atoms with van der Waals surface area (Å²) in [5, 5.41) is 0.866. The molecule has 0 atom stereocenters. The van der Waals surface area contributed by atoms with Gasteiger partial charge in [-0.05, 0) is 43.2 Å². The van der Waals surface area contributed by atoms with Gasteiger partial charge in [0.15, 0.2) is 0 Å². The van der Waals surface area contributed by atoms with Crippen LogP contribution in [0.1, 0.15) is 25.0 Å². The second-order valence-electron chi connectivity index (χ2n) is 8.27. The number of benzene rings is 2. The third kappa shape index (κ3) is 4.35. The number of piperazine rings is 1. The maximum Gasteiger partial charge on any atom is 0.246 e. The fourth-order valence-electron chi connectivity index (χ4n) is 4.32. The molecule has 0 aliphatic carbocycles. The van der Waals surface area contributed by atoms with E-state index in [1.165, 1.54) is 12.1 Å². The van der Waals surface area contributed by atoms with Crippen molar-refractivity contribution in [3.8, 4) is 16.9 Å². The van der Waals surface area contributed by atoms with Crippen LogP contribution in [0.2, 0.25) is 0 Å². The normalized spacial score (nSPS) is 14.6. The molecule has 1 aliphatic rings. The molecule has 2 amide bonds. The zero-order chi connectivity index (χ0) is 23.7. The van der Waals surface area contributed by atoms with Gasteiger partial charge in [0.05, 0.1) is 13.4 Å². The van der Waals surface area contributed by atoms with Gasteiger partial charge in [-0.3, -0.25) is 9.59 Å². The number of allylic oxidation sites excluding steroid dienone is 1. The van der Waals surface area contributed by atoms with Crippen molar-refractivity contribution in [1.29, 1.82) is 0 Å². The average Bonchev–Trinajstić information content (AvgIpc) is 3.23. The van der Waals surface area contributed by atoms with Crippen LogP contribution in [0, 0.1) is 12.7 Å². The minimum Gasteiger partial charge on any atom is -0.496 e. The fraction of sp³-hybridized carbons (Fsp3) is 0.308. The van der Waals surface area contributed by atoms with Gasteiger partial charge in [-0.2, -0.15) is 0 Å². The minimum absolute atomic E-state index is 0.0272. The highest BCUT2D eigenvalue weighted by atomic mass is 19.1. The van der Waals surface area contributed by atoms with E-state index in [0.29, 0.717) is 37.5 Å². The minimum atomic E-state index is -0.300. The summed E-state index contributed by atoms with van der Waals surface area (Å²) in [7, 11) is 1.59. The van der Waals surface area contributed by atoms with Gasteiger partial charge in [0.1, 0.15) is 17.1 Å². The van der Waals surface area contributed by atoms with Crippen molar-refractivity contribution in [3.05, 3.63) is 59.6 Å². The first kappa shape index (κ1) is 22.6. The van der Waals surface area contributed by atoms with Crippen molar-refractivity contribution < 1.29 is 23.1 Å². The van der Waals surface area contributed by atoms with E-state index in [9.17, 15) is 14.0 Å². The van der Waals surface area contributed by atoms with Crippen molar-refractivity contribution in [2.45, 2.75) is 20.8 Å². The summed E-state index contributed by atoms with van der Waals surface area (Å²) >= 11 is 0. The van der Waals surface area contributed by atoms with Crippen LogP contribution in [0.4, 0.5) is 4.39 Å². The summed E-state index contributed by atoms with van der Waals surface area (Å²) in [5.74, 6) is 0.276. The van der Waals surface area contributed by atoms with Gasteiger partial charge >= 0.3 is 0 Å². The fourth-order valence-corrected chi connectivity index (χ4v) is 4.32. The lowest BCUT2D eigenvalue weighted by atomic mass is 9.96. The number of nitrogens with zero attached hydrogens (tertiary/aromatic N) is 2. The van der Waals surface area contributed by atoms with Crippen LogP contribution >= 0.6 is 0 Å². The largest absolute Gasteiger partial charge is 0.496 e.